The van der Waals surface area contributed by atoms with E-state index in [4.69, 9.17) is 28.6 Å². The summed E-state index contributed by atoms with van der Waals surface area (Å²) in [5.74, 6) is 0. The van der Waals surface area contributed by atoms with E-state index in [9.17, 15) is 0 Å². The normalized spacial score (nSPS) is 10.5. The van der Waals surface area contributed by atoms with Crippen LogP contribution in [0.15, 0.2) is 0 Å². The van der Waals surface area contributed by atoms with Crippen LogP contribution in [0.3, 0.4) is 0 Å². The van der Waals surface area contributed by atoms with Crippen LogP contribution in [0, 0.1) is 0 Å². The number of rotatable bonds is 0. The van der Waals surface area contributed by atoms with E-state index in [2.05, 4.69) is 0 Å². The second-order valence-corrected chi connectivity index (χ2v) is 5.30. The molecule has 0 spiro atoms. The Balaban J connectivity index is -0.000000107. The van der Waals surface area contributed by atoms with Crippen LogP contribution in [0.4, 0.5) is 0 Å². The third-order valence-electron chi connectivity index (χ3n) is 0. The Morgan fingerprint density at radius 2 is 0.636 bits per heavy atom. The average Bonchev–Trinajstić information content (AvgIpc) is 1.12. The first-order chi connectivity index (χ1) is 4.00. The van der Waals surface area contributed by atoms with Crippen molar-refractivity contribution in [3.8, 4) is 0 Å². The molecule has 1 radical (unpaired) electrons. The van der Waals surface area contributed by atoms with E-state index in [1.807, 2.05) is 0 Å². The second kappa shape index (κ2) is 7.46. The van der Waals surface area contributed by atoms with Crippen molar-refractivity contribution < 1.29 is 62.1 Å². The summed E-state index contributed by atoms with van der Waals surface area (Å²) in [4.78, 5) is 0. The van der Waals surface area contributed by atoms with Crippen LogP contribution < -0.4 is 0 Å². The van der Waals surface area contributed by atoms with Crippen LogP contribution >= 0.6 is 0 Å². The Hall–Kier alpha value is 2.05. The molecule has 0 aliphatic rings. The third-order valence-corrected chi connectivity index (χ3v) is 0. The SMILES string of the molecule is [K].[O]=[Mo](=[O])([OH])[OH].[O]=[Mo](=[O])([OH])[OH]. The molecular weight excluding hydrogens is 359 g/mol. The Morgan fingerprint density at radius 1 is 0.636 bits per heavy atom. The molecule has 0 aromatic carbocycles. The predicted molar refractivity (Wildman–Crippen MR) is 17.4 cm³/mol. The van der Waals surface area contributed by atoms with E-state index in [0.29, 0.717) is 0 Å². The fraction of sp³-hybridized carbons (Fsp3) is 0. The van der Waals surface area contributed by atoms with Gasteiger partial charge in [-0.2, -0.15) is 0 Å². The molecule has 0 saturated carbocycles. The number of hydrogen-bond donors (Lipinski definition) is 4. The fourth-order valence-electron chi connectivity index (χ4n) is 0. The van der Waals surface area contributed by atoms with E-state index < -0.39 is 33.5 Å². The van der Waals surface area contributed by atoms with Gasteiger partial charge in [-0.25, -0.2) is 0 Å². The van der Waals surface area contributed by atoms with Gasteiger partial charge in [-0.05, 0) is 0 Å². The van der Waals surface area contributed by atoms with Crippen molar-refractivity contribution in [2.75, 3.05) is 0 Å². The van der Waals surface area contributed by atoms with Crippen molar-refractivity contribution in [2.45, 2.75) is 0 Å². The van der Waals surface area contributed by atoms with Crippen LogP contribution in [0.25, 0.3) is 0 Å². The Labute approximate surface area is 111 Å². The van der Waals surface area contributed by atoms with Gasteiger partial charge in [0.2, 0.25) is 0 Å². The summed E-state index contributed by atoms with van der Waals surface area (Å²) in [6, 6.07) is 0. The topological polar surface area (TPSA) is 149 Å². The summed E-state index contributed by atoms with van der Waals surface area (Å²) in [5, 5.41) is 0. The summed E-state index contributed by atoms with van der Waals surface area (Å²) in [7, 11) is 0. The van der Waals surface area contributed by atoms with Gasteiger partial charge in [-0.1, -0.05) is 0 Å². The second-order valence-electron chi connectivity index (χ2n) is 0.896. The van der Waals surface area contributed by atoms with Crippen molar-refractivity contribution in [1.82, 2.24) is 0 Å². The van der Waals surface area contributed by atoms with E-state index in [0.717, 1.165) is 0 Å². The van der Waals surface area contributed by atoms with E-state index >= 15 is 0 Å². The number of hydrogen-bond acceptors (Lipinski definition) is 4. The summed E-state index contributed by atoms with van der Waals surface area (Å²) >= 11 is -11.0. The molecule has 0 saturated heterocycles. The Morgan fingerprint density at radius 3 is 0.636 bits per heavy atom. The van der Waals surface area contributed by atoms with Gasteiger partial charge in [-0.3, -0.25) is 0 Å². The fourth-order valence-corrected chi connectivity index (χ4v) is 0. The molecule has 0 rings (SSSR count). The molecule has 11 heavy (non-hydrogen) atoms. The van der Waals surface area contributed by atoms with Gasteiger partial charge in [0.05, 0.1) is 0 Å². The summed E-state index contributed by atoms with van der Waals surface area (Å²) in [6.45, 7) is 0. The van der Waals surface area contributed by atoms with Gasteiger partial charge in [0, 0.05) is 51.4 Å². The standard InChI is InChI=1S/K.2Mo.4H2O.4O/h;;;4*1H2;;;;/q;2*+2;;;;;;;;/p-4. The quantitative estimate of drug-likeness (QED) is 0.331. The molecule has 4 N–H and O–H groups in total. The molecule has 0 amide bonds. The van der Waals surface area contributed by atoms with Crippen molar-refractivity contribution in [3.63, 3.8) is 0 Å². The van der Waals surface area contributed by atoms with Crippen molar-refractivity contribution >= 4 is 51.4 Å². The maximum atomic E-state index is 8.85. The van der Waals surface area contributed by atoms with Gasteiger partial charge in [0.25, 0.3) is 0 Å². The first-order valence-corrected chi connectivity index (χ1v) is 8.26. The average molecular weight is 363 g/mol. The first-order valence-electron chi connectivity index (χ1n) is 1.40. The van der Waals surface area contributed by atoms with Crippen LogP contribution in [-0.2, 0) is 47.1 Å². The zero-order valence-corrected chi connectivity index (χ0v) is 12.4. The molecule has 11 heteroatoms. The summed E-state index contributed by atoms with van der Waals surface area (Å²) in [6.07, 6.45) is 0. The molecule has 0 heterocycles. The summed E-state index contributed by atoms with van der Waals surface area (Å²) < 4.78 is 64.0. The molecule has 0 bridgehead atoms. The molecule has 0 aromatic heterocycles. The van der Waals surface area contributed by atoms with Crippen molar-refractivity contribution in [1.29, 1.82) is 0 Å². The van der Waals surface area contributed by atoms with Gasteiger partial charge < -0.3 is 0 Å². The summed E-state index contributed by atoms with van der Waals surface area (Å²) in [5.41, 5.74) is 0. The van der Waals surface area contributed by atoms with Crippen LogP contribution in [0.5, 0.6) is 0 Å². The van der Waals surface area contributed by atoms with Gasteiger partial charge >= 0.3 is 62.1 Å². The molecular formula is H4KMo2O8. The molecule has 65 valence electrons. The maximum absolute atomic E-state index is 8.85. The molecule has 0 fully saturated rings. The third kappa shape index (κ3) is 289. The molecule has 0 aliphatic carbocycles. The van der Waals surface area contributed by atoms with Gasteiger partial charge in [-0.15, -0.1) is 0 Å². The van der Waals surface area contributed by atoms with Gasteiger partial charge in [0.15, 0.2) is 0 Å². The van der Waals surface area contributed by atoms with E-state index in [1.54, 1.807) is 0 Å². The first kappa shape index (κ1) is 18.8. The van der Waals surface area contributed by atoms with Crippen molar-refractivity contribution in [2.24, 2.45) is 0 Å². The minimum atomic E-state index is -5.52. The van der Waals surface area contributed by atoms with E-state index in [-0.39, 0.29) is 51.4 Å². The predicted octanol–water partition coefficient (Wildman–Crippen LogP) is -3.09. The molecule has 0 aromatic rings. The zero-order chi connectivity index (χ0) is 9.00. The molecule has 0 aliphatic heterocycles. The van der Waals surface area contributed by atoms with Crippen LogP contribution in [-0.4, -0.2) is 66.4 Å². The molecule has 8 nitrogen and oxygen atoms in total. The Bertz CT molecular complexity index is 208. The van der Waals surface area contributed by atoms with Crippen LogP contribution in [0.2, 0.25) is 0 Å². The molecule has 0 atom stereocenters. The molecule has 0 unspecified atom stereocenters. The van der Waals surface area contributed by atoms with Crippen molar-refractivity contribution in [3.05, 3.63) is 0 Å². The van der Waals surface area contributed by atoms with E-state index in [1.165, 1.54) is 0 Å². The minimum absolute atomic E-state index is 0. The monoisotopic (exact) mass is 367 g/mol. The zero-order valence-electron chi connectivity index (χ0n) is 5.24. The Kier molecular flexibility index (Phi) is 12.7. The van der Waals surface area contributed by atoms with Gasteiger partial charge in [0.1, 0.15) is 0 Å². The van der Waals surface area contributed by atoms with Crippen LogP contribution in [0.1, 0.15) is 0 Å².